The van der Waals surface area contributed by atoms with Crippen LogP contribution in [-0.2, 0) is 10.5 Å². The average Bonchev–Trinajstić information content (AvgIpc) is 2.32. The molecule has 1 aromatic heterocycles. The highest BCUT2D eigenvalue weighted by Gasteiger charge is 2.23. The van der Waals surface area contributed by atoms with Crippen LogP contribution in [0.4, 0.5) is 10.3 Å². The number of carbonyl (C=O) groups is 1. The highest BCUT2D eigenvalue weighted by molar-refractivity contribution is 5.87. The van der Waals surface area contributed by atoms with Gasteiger partial charge in [-0.25, -0.2) is 4.39 Å². The summed E-state index contributed by atoms with van der Waals surface area (Å²) in [7, 11) is 0. The number of rotatable bonds is 2. The van der Waals surface area contributed by atoms with Crippen molar-refractivity contribution >= 4 is 11.8 Å². The number of amides is 1. The minimum absolute atomic E-state index is 0.160. The summed E-state index contributed by atoms with van der Waals surface area (Å²) in [5.41, 5.74) is -1.39. The maximum Gasteiger partial charge on any atom is 0.231 e. The highest BCUT2D eigenvalue weighted by atomic mass is 19.1. The van der Waals surface area contributed by atoms with Gasteiger partial charge in [0.15, 0.2) is 5.67 Å². The van der Waals surface area contributed by atoms with E-state index in [4.69, 9.17) is 0 Å². The number of hydrogen-bond donors (Lipinski definition) is 1. The zero-order valence-electron chi connectivity index (χ0n) is 7.72. The number of nitrogens with zero attached hydrogens (tertiary/aromatic N) is 1. The summed E-state index contributed by atoms with van der Waals surface area (Å²) in [5.74, 6) is -0.118. The van der Waals surface area contributed by atoms with Crippen LogP contribution in [0.1, 0.15) is 26.5 Å². The largest absolute Gasteiger partial charge is 0.338 e. The van der Waals surface area contributed by atoms with Crippen molar-refractivity contribution in [2.75, 3.05) is 5.32 Å². The predicted octanol–water partition coefficient (Wildman–Crippen LogP) is 1.84. The molecule has 13 heavy (non-hydrogen) atoms. The second kappa shape index (κ2) is 3.16. The van der Waals surface area contributed by atoms with E-state index in [-0.39, 0.29) is 17.5 Å². The van der Waals surface area contributed by atoms with Gasteiger partial charge >= 0.3 is 0 Å². The van der Waals surface area contributed by atoms with Gasteiger partial charge in [0, 0.05) is 13.0 Å². The maximum atomic E-state index is 13.2. The molecule has 0 aliphatic heterocycles. The van der Waals surface area contributed by atoms with Gasteiger partial charge in [0.25, 0.3) is 0 Å². The van der Waals surface area contributed by atoms with E-state index in [0.717, 1.165) is 0 Å². The lowest BCUT2D eigenvalue weighted by molar-refractivity contribution is -0.114. The predicted molar refractivity (Wildman–Crippen MR) is 44.9 cm³/mol. The van der Waals surface area contributed by atoms with Gasteiger partial charge < -0.3 is 4.52 Å². The first-order chi connectivity index (χ1) is 5.89. The maximum absolute atomic E-state index is 13.2. The van der Waals surface area contributed by atoms with Crippen molar-refractivity contribution in [2.45, 2.75) is 26.4 Å². The van der Waals surface area contributed by atoms with E-state index in [1.54, 1.807) is 0 Å². The molecule has 0 fully saturated rings. The third-order valence-corrected chi connectivity index (χ3v) is 1.42. The Kier molecular flexibility index (Phi) is 2.36. The fourth-order valence-electron chi connectivity index (χ4n) is 0.788. The number of carbonyl (C=O) groups excluding carboxylic acids is 1. The first kappa shape index (κ1) is 9.70. The lowest BCUT2D eigenvalue weighted by Crippen LogP contribution is -2.09. The first-order valence-electron chi connectivity index (χ1n) is 3.83. The molecule has 1 amide bonds. The van der Waals surface area contributed by atoms with Crippen LogP contribution in [0.2, 0.25) is 0 Å². The molecule has 0 bridgehead atoms. The quantitative estimate of drug-likeness (QED) is 0.766. The summed E-state index contributed by atoms with van der Waals surface area (Å²) >= 11 is 0. The topological polar surface area (TPSA) is 55.1 Å². The van der Waals surface area contributed by atoms with Gasteiger partial charge in [-0.1, -0.05) is 5.16 Å². The molecule has 4 nitrogen and oxygen atoms in total. The van der Waals surface area contributed by atoms with E-state index >= 15 is 0 Å². The van der Waals surface area contributed by atoms with Crippen molar-refractivity contribution in [1.29, 1.82) is 0 Å². The number of alkyl halides is 1. The van der Waals surface area contributed by atoms with Gasteiger partial charge in [-0.2, -0.15) is 0 Å². The van der Waals surface area contributed by atoms with E-state index in [0.29, 0.717) is 0 Å². The number of nitrogens with one attached hydrogen (secondary N) is 1. The van der Waals surface area contributed by atoms with Gasteiger partial charge in [0.05, 0.1) is 0 Å². The Bertz CT molecular complexity index is 314. The summed E-state index contributed by atoms with van der Waals surface area (Å²) in [6.45, 7) is 4.06. The molecule has 72 valence electrons. The molecule has 1 heterocycles. The lowest BCUT2D eigenvalue weighted by atomic mass is 10.1. The van der Waals surface area contributed by atoms with Crippen molar-refractivity contribution in [2.24, 2.45) is 0 Å². The number of hydrogen-bond acceptors (Lipinski definition) is 3. The molecule has 1 rings (SSSR count). The molecule has 0 radical (unpaired) electrons. The lowest BCUT2D eigenvalue weighted by Gasteiger charge is -2.07. The van der Waals surface area contributed by atoms with E-state index < -0.39 is 5.67 Å². The molecule has 0 aromatic carbocycles. The van der Waals surface area contributed by atoms with Crippen LogP contribution < -0.4 is 5.32 Å². The van der Waals surface area contributed by atoms with Crippen LogP contribution in [0, 0.1) is 0 Å². The van der Waals surface area contributed by atoms with Crippen molar-refractivity contribution in [1.82, 2.24) is 5.16 Å². The van der Waals surface area contributed by atoms with Crippen LogP contribution in [0.15, 0.2) is 10.6 Å². The highest BCUT2D eigenvalue weighted by Crippen LogP contribution is 2.25. The minimum Gasteiger partial charge on any atom is -0.338 e. The summed E-state index contributed by atoms with van der Waals surface area (Å²) < 4.78 is 17.9. The van der Waals surface area contributed by atoms with Gasteiger partial charge in [-0.3, -0.25) is 10.1 Å². The SMILES string of the molecule is CC(=O)Nc1cc(C(C)(C)F)no1. The molecular formula is C8H11FN2O2. The van der Waals surface area contributed by atoms with Gasteiger partial charge in [0.2, 0.25) is 11.8 Å². The van der Waals surface area contributed by atoms with Crippen molar-refractivity contribution in [3.05, 3.63) is 11.8 Å². The third-order valence-electron chi connectivity index (χ3n) is 1.42. The van der Waals surface area contributed by atoms with E-state index in [1.165, 1.54) is 26.8 Å². The number of halogens is 1. The van der Waals surface area contributed by atoms with Crippen LogP contribution >= 0.6 is 0 Å². The summed E-state index contributed by atoms with van der Waals surface area (Å²) in [4.78, 5) is 10.6. The number of aromatic nitrogens is 1. The molecule has 1 N–H and O–H groups in total. The van der Waals surface area contributed by atoms with E-state index in [2.05, 4.69) is 15.0 Å². The Balaban J connectivity index is 2.81. The Labute approximate surface area is 75.1 Å². The van der Waals surface area contributed by atoms with Crippen LogP contribution in [-0.4, -0.2) is 11.1 Å². The molecule has 5 heteroatoms. The van der Waals surface area contributed by atoms with Crippen LogP contribution in [0.5, 0.6) is 0 Å². The fourth-order valence-corrected chi connectivity index (χ4v) is 0.788. The average molecular weight is 186 g/mol. The second-order valence-electron chi connectivity index (χ2n) is 3.23. The molecule has 0 saturated heterocycles. The Morgan fingerprint density at radius 2 is 2.31 bits per heavy atom. The zero-order chi connectivity index (χ0) is 10.1. The van der Waals surface area contributed by atoms with Gasteiger partial charge in [-0.15, -0.1) is 0 Å². The Morgan fingerprint density at radius 3 is 2.69 bits per heavy atom. The van der Waals surface area contributed by atoms with Crippen LogP contribution in [0.25, 0.3) is 0 Å². The molecule has 0 unspecified atom stereocenters. The second-order valence-corrected chi connectivity index (χ2v) is 3.23. The normalized spacial score (nSPS) is 11.4. The Morgan fingerprint density at radius 1 is 1.69 bits per heavy atom. The van der Waals surface area contributed by atoms with Crippen LogP contribution in [0.3, 0.4) is 0 Å². The third kappa shape index (κ3) is 2.54. The summed E-state index contributed by atoms with van der Waals surface area (Å²) in [5, 5.41) is 5.84. The van der Waals surface area contributed by atoms with E-state index in [9.17, 15) is 9.18 Å². The molecular weight excluding hydrogens is 175 g/mol. The molecule has 0 aliphatic rings. The first-order valence-corrected chi connectivity index (χ1v) is 3.83. The van der Waals surface area contributed by atoms with Crippen molar-refractivity contribution < 1.29 is 13.7 Å². The molecule has 1 aromatic rings. The molecule has 0 aliphatic carbocycles. The fraction of sp³-hybridized carbons (Fsp3) is 0.500. The molecule has 0 atom stereocenters. The minimum atomic E-state index is -1.56. The zero-order valence-corrected chi connectivity index (χ0v) is 7.72. The van der Waals surface area contributed by atoms with E-state index in [1.807, 2.05) is 0 Å². The summed E-state index contributed by atoms with van der Waals surface area (Å²) in [6.07, 6.45) is 0. The monoisotopic (exact) mass is 186 g/mol. The van der Waals surface area contributed by atoms with Gasteiger partial charge in [-0.05, 0) is 13.8 Å². The molecule has 0 saturated carbocycles. The Hall–Kier alpha value is -1.39. The standard InChI is InChI=1S/C8H11FN2O2/c1-5(12)10-7-4-6(11-13-7)8(2,3)9/h4H,1-3H3,(H,10,12). The summed E-state index contributed by atoms with van der Waals surface area (Å²) in [6, 6.07) is 1.36. The van der Waals surface area contributed by atoms with Crippen molar-refractivity contribution in [3.8, 4) is 0 Å². The smallest absolute Gasteiger partial charge is 0.231 e. The molecule has 0 spiro atoms. The number of anilines is 1. The van der Waals surface area contributed by atoms with Crippen molar-refractivity contribution in [3.63, 3.8) is 0 Å². The van der Waals surface area contributed by atoms with Gasteiger partial charge in [0.1, 0.15) is 5.69 Å².